The van der Waals surface area contributed by atoms with Crippen LogP contribution in [-0.2, 0) is 23.2 Å². The Hall–Kier alpha value is -1.74. The van der Waals surface area contributed by atoms with Crippen molar-refractivity contribution in [1.29, 1.82) is 0 Å². The van der Waals surface area contributed by atoms with E-state index in [1.165, 1.54) is 17.6 Å². The van der Waals surface area contributed by atoms with Crippen molar-refractivity contribution in [3.05, 3.63) is 47.2 Å². The van der Waals surface area contributed by atoms with Gasteiger partial charge in [-0.15, -0.1) is 11.3 Å². The van der Waals surface area contributed by atoms with E-state index in [1.807, 2.05) is 12.1 Å². The molecule has 1 aromatic carbocycles. The summed E-state index contributed by atoms with van der Waals surface area (Å²) in [4.78, 5) is 0.554. The van der Waals surface area contributed by atoms with Crippen molar-refractivity contribution in [3.63, 3.8) is 0 Å². The van der Waals surface area contributed by atoms with Crippen molar-refractivity contribution in [2.75, 3.05) is 0 Å². The molecule has 110 valence electrons. The SMILES string of the molecule is O=S(=O)(NCc1ccon1)c1c(CO)sc2ccccc12. The van der Waals surface area contributed by atoms with E-state index in [9.17, 15) is 13.5 Å². The number of nitrogens with one attached hydrogen (secondary N) is 1. The second kappa shape index (κ2) is 5.57. The topological polar surface area (TPSA) is 92.4 Å². The lowest BCUT2D eigenvalue weighted by Crippen LogP contribution is -2.24. The highest BCUT2D eigenvalue weighted by Crippen LogP contribution is 2.34. The molecule has 21 heavy (non-hydrogen) atoms. The van der Waals surface area contributed by atoms with Crippen LogP contribution < -0.4 is 4.72 Å². The van der Waals surface area contributed by atoms with Gasteiger partial charge >= 0.3 is 0 Å². The first kappa shape index (κ1) is 14.2. The first-order valence-corrected chi connectivity index (χ1v) is 8.42. The van der Waals surface area contributed by atoms with E-state index in [0.29, 0.717) is 16.0 Å². The highest BCUT2D eigenvalue weighted by Gasteiger charge is 2.24. The molecule has 0 saturated carbocycles. The van der Waals surface area contributed by atoms with E-state index >= 15 is 0 Å². The molecular weight excluding hydrogens is 312 g/mol. The van der Waals surface area contributed by atoms with Gasteiger partial charge in [-0.25, -0.2) is 13.1 Å². The quantitative estimate of drug-likeness (QED) is 0.747. The second-order valence-electron chi connectivity index (χ2n) is 4.32. The van der Waals surface area contributed by atoms with Gasteiger partial charge in [-0.1, -0.05) is 23.4 Å². The minimum atomic E-state index is -3.74. The maximum absolute atomic E-state index is 12.5. The summed E-state index contributed by atoms with van der Waals surface area (Å²) in [6.45, 7) is -0.284. The molecule has 3 aromatic rings. The molecular formula is C13H12N2O4S2. The molecule has 0 radical (unpaired) electrons. The highest BCUT2D eigenvalue weighted by atomic mass is 32.2. The van der Waals surface area contributed by atoms with Gasteiger partial charge in [-0.3, -0.25) is 0 Å². The van der Waals surface area contributed by atoms with Crippen LogP contribution in [0.4, 0.5) is 0 Å². The fraction of sp³-hybridized carbons (Fsp3) is 0.154. The number of sulfonamides is 1. The molecule has 2 N–H and O–H groups in total. The summed E-state index contributed by atoms with van der Waals surface area (Å²) in [6.07, 6.45) is 1.38. The summed E-state index contributed by atoms with van der Waals surface area (Å²) in [5.41, 5.74) is 0.489. The van der Waals surface area contributed by atoms with E-state index < -0.39 is 10.0 Å². The fourth-order valence-corrected chi connectivity index (χ4v) is 4.83. The molecule has 2 aromatic heterocycles. The number of aromatic nitrogens is 1. The van der Waals surface area contributed by atoms with Crippen LogP contribution in [0.5, 0.6) is 0 Å². The number of fused-ring (bicyclic) bond motifs is 1. The molecule has 0 aliphatic rings. The van der Waals surface area contributed by atoms with Gasteiger partial charge in [0.2, 0.25) is 10.0 Å². The molecule has 8 heteroatoms. The number of benzene rings is 1. The molecule has 3 rings (SSSR count). The van der Waals surface area contributed by atoms with Crippen molar-refractivity contribution in [1.82, 2.24) is 9.88 Å². The van der Waals surface area contributed by atoms with E-state index in [2.05, 4.69) is 14.4 Å². The fourth-order valence-electron chi connectivity index (χ4n) is 2.04. The van der Waals surface area contributed by atoms with E-state index in [4.69, 9.17) is 0 Å². The third-order valence-electron chi connectivity index (χ3n) is 2.96. The Morgan fingerprint density at radius 2 is 2.10 bits per heavy atom. The minimum Gasteiger partial charge on any atom is -0.391 e. The van der Waals surface area contributed by atoms with Gasteiger partial charge in [0.15, 0.2) is 0 Å². The predicted octanol–water partition coefficient (Wildman–Crippen LogP) is 1.86. The molecule has 0 atom stereocenters. The zero-order valence-electron chi connectivity index (χ0n) is 10.8. The van der Waals surface area contributed by atoms with Crippen LogP contribution in [0.3, 0.4) is 0 Å². The summed E-state index contributed by atoms with van der Waals surface area (Å²) in [5.74, 6) is 0. The highest BCUT2D eigenvalue weighted by molar-refractivity contribution is 7.90. The van der Waals surface area contributed by atoms with E-state index in [0.717, 1.165) is 4.70 Å². The molecule has 6 nitrogen and oxygen atoms in total. The molecule has 0 amide bonds. The van der Waals surface area contributed by atoms with Crippen LogP contribution in [0.25, 0.3) is 10.1 Å². The Bertz CT molecular complexity index is 854. The zero-order chi connectivity index (χ0) is 14.9. The third-order valence-corrected chi connectivity index (χ3v) is 5.78. The van der Waals surface area contributed by atoms with E-state index in [1.54, 1.807) is 18.2 Å². The van der Waals surface area contributed by atoms with Gasteiger partial charge in [0.1, 0.15) is 11.2 Å². The molecule has 0 bridgehead atoms. The summed E-state index contributed by atoms with van der Waals surface area (Å²) < 4.78 is 33.0. The largest absolute Gasteiger partial charge is 0.391 e. The lowest BCUT2D eigenvalue weighted by atomic mass is 10.2. The van der Waals surface area contributed by atoms with Crippen molar-refractivity contribution in [3.8, 4) is 0 Å². The van der Waals surface area contributed by atoms with Gasteiger partial charge in [-0.05, 0) is 6.07 Å². The van der Waals surface area contributed by atoms with Crippen LogP contribution in [0, 0.1) is 0 Å². The Balaban J connectivity index is 2.01. The van der Waals surface area contributed by atoms with Crippen molar-refractivity contribution >= 4 is 31.4 Å². The number of nitrogens with zero attached hydrogens (tertiary/aromatic N) is 1. The van der Waals surface area contributed by atoms with Gasteiger partial charge in [0.05, 0.1) is 23.7 Å². The van der Waals surface area contributed by atoms with E-state index in [-0.39, 0.29) is 18.0 Å². The van der Waals surface area contributed by atoms with Crippen molar-refractivity contribution in [2.24, 2.45) is 0 Å². The maximum Gasteiger partial charge on any atom is 0.242 e. The second-order valence-corrected chi connectivity index (χ2v) is 7.16. The zero-order valence-corrected chi connectivity index (χ0v) is 12.4. The van der Waals surface area contributed by atoms with Crippen LogP contribution in [0.1, 0.15) is 10.6 Å². The Labute approximate surface area is 125 Å². The van der Waals surface area contributed by atoms with Crippen LogP contribution in [0.2, 0.25) is 0 Å². The van der Waals surface area contributed by atoms with Crippen LogP contribution in [-0.4, -0.2) is 18.7 Å². The standard InChI is InChI=1S/C13H12N2O4S2/c16-8-12-13(10-3-1-2-4-11(10)20-12)21(17,18)14-7-9-5-6-19-15-9/h1-6,14,16H,7-8H2. The number of hydrogen-bond acceptors (Lipinski definition) is 6. The molecule has 0 unspecified atom stereocenters. The first-order chi connectivity index (χ1) is 10.1. The number of aliphatic hydroxyl groups is 1. The van der Waals surface area contributed by atoms with Gasteiger partial charge in [0, 0.05) is 16.2 Å². The molecule has 0 aliphatic heterocycles. The third kappa shape index (κ3) is 2.70. The van der Waals surface area contributed by atoms with Gasteiger partial charge < -0.3 is 9.63 Å². The van der Waals surface area contributed by atoms with Gasteiger partial charge in [0.25, 0.3) is 0 Å². The molecule has 0 aliphatic carbocycles. The smallest absolute Gasteiger partial charge is 0.242 e. The summed E-state index contributed by atoms with van der Waals surface area (Å²) >= 11 is 1.27. The van der Waals surface area contributed by atoms with Crippen LogP contribution >= 0.6 is 11.3 Å². The van der Waals surface area contributed by atoms with Crippen molar-refractivity contribution < 1.29 is 18.0 Å². The number of aliphatic hydroxyl groups excluding tert-OH is 1. The summed E-state index contributed by atoms with van der Waals surface area (Å²) in [5, 5.41) is 13.7. The number of hydrogen-bond donors (Lipinski definition) is 2. The number of rotatable bonds is 5. The molecule has 0 saturated heterocycles. The Kier molecular flexibility index (Phi) is 3.77. The monoisotopic (exact) mass is 324 g/mol. The average Bonchev–Trinajstić information content (AvgIpc) is 3.12. The Morgan fingerprint density at radius 3 is 2.81 bits per heavy atom. The van der Waals surface area contributed by atoms with Gasteiger partial charge in [-0.2, -0.15) is 0 Å². The average molecular weight is 324 g/mol. The predicted molar refractivity (Wildman–Crippen MR) is 78.3 cm³/mol. The first-order valence-electron chi connectivity index (χ1n) is 6.12. The van der Waals surface area contributed by atoms with Crippen LogP contribution in [0.15, 0.2) is 46.0 Å². The lowest BCUT2D eigenvalue weighted by molar-refractivity contribution is 0.283. The Morgan fingerprint density at radius 1 is 1.29 bits per heavy atom. The normalized spacial score (nSPS) is 12.0. The molecule has 2 heterocycles. The summed E-state index contributed by atoms with van der Waals surface area (Å²) in [7, 11) is -3.74. The molecule has 0 spiro atoms. The lowest BCUT2D eigenvalue weighted by Gasteiger charge is -2.06. The van der Waals surface area contributed by atoms with Crippen molar-refractivity contribution in [2.45, 2.75) is 18.0 Å². The maximum atomic E-state index is 12.5. The summed E-state index contributed by atoms with van der Waals surface area (Å²) in [6, 6.07) is 8.75. The molecule has 0 fully saturated rings. The number of thiophene rings is 1. The minimum absolute atomic E-state index is 0.0356.